The summed E-state index contributed by atoms with van der Waals surface area (Å²) in [5.41, 5.74) is -0.994. The van der Waals surface area contributed by atoms with E-state index in [4.69, 9.17) is 19.4 Å². The topological polar surface area (TPSA) is 76.0 Å². The summed E-state index contributed by atoms with van der Waals surface area (Å²) >= 11 is 0. The highest BCUT2D eigenvalue weighted by Crippen LogP contribution is 1.99. The summed E-state index contributed by atoms with van der Waals surface area (Å²) in [7, 11) is 0. The number of aliphatic carboxylic acids is 1. The molecule has 5 nitrogen and oxygen atoms in total. The van der Waals surface area contributed by atoms with Crippen LogP contribution in [0.4, 0.5) is 0 Å². The van der Waals surface area contributed by atoms with Crippen molar-refractivity contribution in [2.45, 2.75) is 46.5 Å². The van der Waals surface area contributed by atoms with Crippen LogP contribution >= 0.6 is 0 Å². The van der Waals surface area contributed by atoms with Crippen LogP contribution < -0.4 is 0 Å². The number of hydrogen-bond acceptors (Lipinski definition) is 4. The molecule has 0 atom stereocenters. The fourth-order valence-corrected chi connectivity index (χ4v) is 0.670. The van der Waals surface area contributed by atoms with Gasteiger partial charge >= 0.3 is 0 Å². The van der Waals surface area contributed by atoms with Gasteiger partial charge in [-0.1, -0.05) is 5.92 Å². The van der Waals surface area contributed by atoms with Crippen molar-refractivity contribution in [3.63, 3.8) is 0 Å². The second-order valence-electron chi connectivity index (χ2n) is 3.59. The minimum atomic E-state index is -0.994. The minimum Gasteiger partial charge on any atom is -0.481 e. The van der Waals surface area contributed by atoms with Crippen molar-refractivity contribution in [2.24, 2.45) is 0 Å². The molecule has 17 heavy (non-hydrogen) atoms. The summed E-state index contributed by atoms with van der Waals surface area (Å²) < 4.78 is 10.3. The maximum absolute atomic E-state index is 9.32. The molecule has 0 aromatic heterocycles. The first-order valence-corrected chi connectivity index (χ1v) is 5.40. The Bertz CT molecular complexity index is 246. The predicted molar refractivity (Wildman–Crippen MR) is 64.4 cm³/mol. The van der Waals surface area contributed by atoms with Gasteiger partial charge < -0.3 is 19.7 Å². The third-order valence-electron chi connectivity index (χ3n) is 1.13. The van der Waals surface area contributed by atoms with E-state index in [1.165, 1.54) is 0 Å². The molecule has 0 heterocycles. The molecule has 0 aliphatic heterocycles. The van der Waals surface area contributed by atoms with Crippen molar-refractivity contribution in [3.05, 3.63) is 0 Å². The molecule has 100 valence electrons. The molecular weight excluding hydrogens is 224 g/mol. The molecule has 0 saturated carbocycles. The first-order valence-electron chi connectivity index (χ1n) is 5.40. The second-order valence-corrected chi connectivity index (χ2v) is 3.59. The average Bonchev–Trinajstić information content (AvgIpc) is 2.13. The zero-order valence-electron chi connectivity index (χ0n) is 11.1. The Morgan fingerprint density at radius 1 is 1.29 bits per heavy atom. The van der Waals surface area contributed by atoms with Crippen molar-refractivity contribution in [1.82, 2.24) is 0 Å². The number of carbonyl (C=O) groups is 1. The molecule has 0 fully saturated rings. The number of carboxylic acids is 1. The van der Waals surface area contributed by atoms with Gasteiger partial charge in [0.05, 0.1) is 0 Å². The van der Waals surface area contributed by atoms with Crippen LogP contribution in [0.15, 0.2) is 0 Å². The highest BCUT2D eigenvalue weighted by Gasteiger charge is 2.08. The van der Waals surface area contributed by atoms with E-state index in [9.17, 15) is 5.11 Å². The van der Waals surface area contributed by atoms with E-state index in [0.717, 1.165) is 6.92 Å². The van der Waals surface area contributed by atoms with Crippen molar-refractivity contribution >= 4 is 5.97 Å². The van der Waals surface area contributed by atoms with Crippen LogP contribution in [-0.4, -0.2) is 41.3 Å². The highest BCUT2D eigenvalue weighted by atomic mass is 16.7. The molecule has 0 aliphatic carbocycles. The van der Waals surface area contributed by atoms with Crippen molar-refractivity contribution in [3.8, 4) is 11.8 Å². The van der Waals surface area contributed by atoms with Gasteiger partial charge in [-0.25, -0.2) is 0 Å². The van der Waals surface area contributed by atoms with Crippen LogP contribution in [0, 0.1) is 11.8 Å². The molecule has 0 unspecified atom stereocenters. The molecule has 0 spiro atoms. The molecule has 0 aliphatic rings. The number of ether oxygens (including phenoxy) is 2. The Morgan fingerprint density at radius 2 is 1.65 bits per heavy atom. The summed E-state index contributed by atoms with van der Waals surface area (Å²) in [5, 5.41) is 16.7. The molecule has 5 heteroatoms. The molecular formula is C12H22O5. The molecule has 0 saturated heterocycles. The molecule has 0 amide bonds. The van der Waals surface area contributed by atoms with E-state index < -0.39 is 17.9 Å². The van der Waals surface area contributed by atoms with Crippen molar-refractivity contribution in [2.75, 3.05) is 13.2 Å². The smallest absolute Gasteiger partial charge is 0.300 e. The summed E-state index contributed by atoms with van der Waals surface area (Å²) in [6.07, 6.45) is -0.526. The number of aliphatic hydroxyl groups is 1. The summed E-state index contributed by atoms with van der Waals surface area (Å²) in [6.45, 7) is 9.16. The van der Waals surface area contributed by atoms with Crippen LogP contribution in [0.25, 0.3) is 0 Å². The van der Waals surface area contributed by atoms with Gasteiger partial charge in [-0.05, 0) is 33.6 Å². The normalized spacial score (nSPS) is 10.1. The van der Waals surface area contributed by atoms with Gasteiger partial charge in [0, 0.05) is 20.1 Å². The molecule has 2 N–H and O–H groups in total. The Kier molecular flexibility index (Phi) is 10.8. The third kappa shape index (κ3) is 20.9. The first kappa shape index (κ1) is 18.3. The largest absolute Gasteiger partial charge is 0.481 e. The van der Waals surface area contributed by atoms with Gasteiger partial charge in [0.2, 0.25) is 6.29 Å². The van der Waals surface area contributed by atoms with E-state index in [1.807, 2.05) is 13.8 Å². The molecule has 0 rings (SSSR count). The van der Waals surface area contributed by atoms with E-state index >= 15 is 0 Å². The SMILES string of the molecule is CC(=O)O.CCOC(C#CC(C)(C)O)OCC. The minimum absolute atomic E-state index is 0.526. The Balaban J connectivity index is 0. The number of carboxylic acid groups (broad SMARTS) is 1. The van der Waals surface area contributed by atoms with Crippen LogP contribution in [0.5, 0.6) is 0 Å². The van der Waals surface area contributed by atoms with Crippen LogP contribution in [0.3, 0.4) is 0 Å². The molecule has 0 aromatic carbocycles. The van der Waals surface area contributed by atoms with Crippen molar-refractivity contribution in [1.29, 1.82) is 0 Å². The average molecular weight is 246 g/mol. The van der Waals surface area contributed by atoms with E-state index in [1.54, 1.807) is 13.8 Å². The van der Waals surface area contributed by atoms with E-state index in [-0.39, 0.29) is 0 Å². The third-order valence-corrected chi connectivity index (χ3v) is 1.13. The molecule has 0 radical (unpaired) electrons. The number of hydrogen-bond donors (Lipinski definition) is 2. The van der Waals surface area contributed by atoms with Gasteiger partial charge in [-0.3, -0.25) is 4.79 Å². The van der Waals surface area contributed by atoms with Gasteiger partial charge in [0.1, 0.15) is 5.60 Å². The van der Waals surface area contributed by atoms with Crippen LogP contribution in [-0.2, 0) is 14.3 Å². The lowest BCUT2D eigenvalue weighted by molar-refractivity contribution is -0.134. The van der Waals surface area contributed by atoms with Gasteiger partial charge in [-0.15, -0.1) is 0 Å². The lowest BCUT2D eigenvalue weighted by Crippen LogP contribution is -2.19. The quantitative estimate of drug-likeness (QED) is 0.576. The van der Waals surface area contributed by atoms with Crippen LogP contribution in [0.2, 0.25) is 0 Å². The second kappa shape index (κ2) is 10.1. The number of rotatable bonds is 4. The summed E-state index contributed by atoms with van der Waals surface area (Å²) in [6, 6.07) is 0. The lowest BCUT2D eigenvalue weighted by atomic mass is 10.1. The first-order chi connectivity index (χ1) is 7.72. The van der Waals surface area contributed by atoms with E-state index in [2.05, 4.69) is 11.8 Å². The zero-order valence-corrected chi connectivity index (χ0v) is 11.1. The maximum Gasteiger partial charge on any atom is 0.300 e. The Labute approximate surface area is 103 Å². The summed E-state index contributed by atoms with van der Waals surface area (Å²) in [5.74, 6) is 4.53. The summed E-state index contributed by atoms with van der Waals surface area (Å²) in [4.78, 5) is 9.00. The molecule has 0 aromatic rings. The lowest BCUT2D eigenvalue weighted by Gasteiger charge is -2.12. The molecule has 0 bridgehead atoms. The van der Waals surface area contributed by atoms with E-state index in [0.29, 0.717) is 13.2 Å². The van der Waals surface area contributed by atoms with Gasteiger partial charge in [0.15, 0.2) is 0 Å². The Hall–Kier alpha value is -1.09. The zero-order chi connectivity index (χ0) is 13.9. The van der Waals surface area contributed by atoms with Gasteiger partial charge in [-0.2, -0.15) is 0 Å². The van der Waals surface area contributed by atoms with Gasteiger partial charge in [0.25, 0.3) is 5.97 Å². The fourth-order valence-electron chi connectivity index (χ4n) is 0.670. The predicted octanol–water partition coefficient (Wildman–Crippen LogP) is 1.25. The maximum atomic E-state index is 9.32. The standard InChI is InChI=1S/C10H18O3.C2H4O2/c1-5-12-9(13-6-2)7-8-10(3,4)11;1-2(3)4/h9,11H,5-6H2,1-4H3;1H3,(H,3,4). The highest BCUT2D eigenvalue weighted by molar-refractivity contribution is 5.62. The van der Waals surface area contributed by atoms with Crippen molar-refractivity contribution < 1.29 is 24.5 Å². The monoisotopic (exact) mass is 246 g/mol. The fraction of sp³-hybridized carbons (Fsp3) is 0.750. The Morgan fingerprint density at radius 3 is 1.88 bits per heavy atom. The van der Waals surface area contributed by atoms with Crippen LogP contribution in [0.1, 0.15) is 34.6 Å².